The van der Waals surface area contributed by atoms with Gasteiger partial charge in [-0.05, 0) is 25.5 Å². The first-order valence-electron chi connectivity index (χ1n) is 8.31. The number of aliphatic imine (C=N–C) groups is 1. The number of nitrogens with one attached hydrogen (secondary N) is 2. The fourth-order valence-corrected chi connectivity index (χ4v) is 2.74. The van der Waals surface area contributed by atoms with Crippen molar-refractivity contribution in [2.75, 3.05) is 13.1 Å². The van der Waals surface area contributed by atoms with Crippen LogP contribution in [0.15, 0.2) is 35.6 Å². The molecule has 1 aromatic heterocycles. The maximum atomic E-state index is 6.27. The van der Waals surface area contributed by atoms with Crippen molar-refractivity contribution >= 4 is 17.6 Å². The van der Waals surface area contributed by atoms with E-state index in [1.165, 1.54) is 0 Å². The fraction of sp³-hybridized carbons (Fsp3) is 0.471. The van der Waals surface area contributed by atoms with Crippen LogP contribution in [0.4, 0.5) is 0 Å². The molecule has 0 bridgehead atoms. The highest BCUT2D eigenvalue weighted by Gasteiger charge is 2.10. The van der Waals surface area contributed by atoms with Crippen LogP contribution in [0.5, 0.6) is 0 Å². The molecule has 0 fully saturated rings. The lowest BCUT2D eigenvalue weighted by molar-refractivity contribution is 0.650. The Morgan fingerprint density at radius 2 is 2.12 bits per heavy atom. The highest BCUT2D eigenvalue weighted by Crippen LogP contribution is 2.21. The molecule has 0 spiro atoms. The summed E-state index contributed by atoms with van der Waals surface area (Å²) in [7, 11) is 0. The molecule has 2 rings (SSSR count). The fourth-order valence-electron chi connectivity index (χ4n) is 2.44. The zero-order valence-electron chi connectivity index (χ0n) is 14.5. The van der Waals surface area contributed by atoms with Crippen molar-refractivity contribution in [1.82, 2.24) is 25.4 Å². The van der Waals surface area contributed by atoms with E-state index in [9.17, 15) is 0 Å². The molecule has 2 N–H and O–H groups in total. The number of hydrogen-bond donors (Lipinski definition) is 2. The first kappa shape index (κ1) is 18.3. The van der Waals surface area contributed by atoms with Gasteiger partial charge in [0.25, 0.3) is 0 Å². The lowest BCUT2D eigenvalue weighted by Crippen LogP contribution is -2.39. The molecule has 1 unspecified atom stereocenters. The molecule has 7 heteroatoms. The summed E-state index contributed by atoms with van der Waals surface area (Å²) in [4.78, 5) is 4.63. The van der Waals surface area contributed by atoms with Crippen LogP contribution >= 0.6 is 11.6 Å². The monoisotopic (exact) mass is 348 g/mol. The summed E-state index contributed by atoms with van der Waals surface area (Å²) in [6, 6.07) is 7.91. The molecule has 1 aromatic carbocycles. The molecular weight excluding hydrogens is 324 g/mol. The second-order valence-corrected chi connectivity index (χ2v) is 5.85. The molecule has 2 aromatic rings. The molecule has 0 radical (unpaired) electrons. The van der Waals surface area contributed by atoms with Crippen molar-refractivity contribution in [2.45, 2.75) is 39.8 Å². The average Bonchev–Trinajstić information content (AvgIpc) is 3.03. The minimum Gasteiger partial charge on any atom is -0.357 e. The molecular formula is C17H25ClN6. The highest BCUT2D eigenvalue weighted by atomic mass is 35.5. The largest absolute Gasteiger partial charge is 0.357 e. The number of benzene rings is 1. The molecule has 0 saturated heterocycles. The Bertz CT molecular complexity index is 667. The van der Waals surface area contributed by atoms with Gasteiger partial charge >= 0.3 is 0 Å². The van der Waals surface area contributed by atoms with Gasteiger partial charge in [0.15, 0.2) is 5.96 Å². The Morgan fingerprint density at radius 3 is 2.83 bits per heavy atom. The van der Waals surface area contributed by atoms with Gasteiger partial charge in [0, 0.05) is 24.5 Å². The smallest absolute Gasteiger partial charge is 0.191 e. The van der Waals surface area contributed by atoms with Gasteiger partial charge in [-0.1, -0.05) is 36.7 Å². The first-order chi connectivity index (χ1) is 11.7. The van der Waals surface area contributed by atoms with E-state index in [-0.39, 0.29) is 6.04 Å². The minimum absolute atomic E-state index is 0.0672. The second kappa shape index (κ2) is 9.27. The van der Waals surface area contributed by atoms with E-state index in [0.717, 1.165) is 41.9 Å². The van der Waals surface area contributed by atoms with E-state index >= 15 is 0 Å². The van der Waals surface area contributed by atoms with Crippen molar-refractivity contribution in [2.24, 2.45) is 4.99 Å². The van der Waals surface area contributed by atoms with Gasteiger partial charge in [-0.3, -0.25) is 4.99 Å². The summed E-state index contributed by atoms with van der Waals surface area (Å²) in [6.45, 7) is 8.40. The van der Waals surface area contributed by atoms with Gasteiger partial charge in [0.2, 0.25) is 0 Å². The van der Waals surface area contributed by atoms with E-state index in [1.807, 2.05) is 35.8 Å². The molecule has 0 saturated carbocycles. The quantitative estimate of drug-likeness (QED) is 0.596. The molecule has 130 valence electrons. The minimum atomic E-state index is 0.0672. The predicted molar refractivity (Wildman–Crippen MR) is 98.4 cm³/mol. The third-order valence-corrected chi connectivity index (χ3v) is 4.04. The molecule has 0 aliphatic heterocycles. The number of rotatable bonds is 7. The normalized spacial score (nSPS) is 12.9. The van der Waals surface area contributed by atoms with E-state index in [0.29, 0.717) is 6.54 Å². The summed E-state index contributed by atoms with van der Waals surface area (Å²) < 4.78 is 2.03. The molecule has 0 aliphatic rings. The number of aryl methyl sites for hydroxylation is 1. The van der Waals surface area contributed by atoms with Crippen LogP contribution in [0.2, 0.25) is 5.02 Å². The van der Waals surface area contributed by atoms with Crippen LogP contribution in [0, 0.1) is 0 Å². The maximum absolute atomic E-state index is 6.27. The van der Waals surface area contributed by atoms with Gasteiger partial charge in [-0.25, -0.2) is 0 Å². The van der Waals surface area contributed by atoms with Crippen molar-refractivity contribution in [1.29, 1.82) is 0 Å². The number of nitrogens with zero attached hydrogens (tertiary/aromatic N) is 4. The van der Waals surface area contributed by atoms with Gasteiger partial charge in [0.05, 0.1) is 12.6 Å². The topological polar surface area (TPSA) is 67.1 Å². The maximum Gasteiger partial charge on any atom is 0.191 e. The van der Waals surface area contributed by atoms with E-state index in [2.05, 4.69) is 39.7 Å². The van der Waals surface area contributed by atoms with Gasteiger partial charge < -0.3 is 15.2 Å². The van der Waals surface area contributed by atoms with Gasteiger partial charge in [-0.15, -0.1) is 10.2 Å². The van der Waals surface area contributed by atoms with Gasteiger partial charge in [0.1, 0.15) is 12.2 Å². The van der Waals surface area contributed by atoms with E-state index < -0.39 is 0 Å². The zero-order valence-corrected chi connectivity index (χ0v) is 15.2. The van der Waals surface area contributed by atoms with Crippen LogP contribution in [0.1, 0.15) is 38.2 Å². The SMILES string of the molecule is CCNC(=NCCn1cnnc1CC)NC(C)c1ccccc1Cl. The average molecular weight is 349 g/mol. The summed E-state index contributed by atoms with van der Waals surface area (Å²) in [6.07, 6.45) is 2.62. The lowest BCUT2D eigenvalue weighted by Gasteiger charge is -2.19. The molecule has 1 heterocycles. The van der Waals surface area contributed by atoms with Crippen molar-refractivity contribution in [3.63, 3.8) is 0 Å². The van der Waals surface area contributed by atoms with Crippen LogP contribution in [-0.4, -0.2) is 33.8 Å². The summed E-state index contributed by atoms with van der Waals surface area (Å²) in [5.74, 6) is 1.75. The van der Waals surface area contributed by atoms with Gasteiger partial charge in [-0.2, -0.15) is 0 Å². The third-order valence-electron chi connectivity index (χ3n) is 3.69. The summed E-state index contributed by atoms with van der Waals surface area (Å²) >= 11 is 6.27. The van der Waals surface area contributed by atoms with E-state index in [4.69, 9.17) is 11.6 Å². The lowest BCUT2D eigenvalue weighted by atomic mass is 10.1. The molecule has 0 amide bonds. The standard InChI is InChI=1S/C17H25ClN6/c1-4-16-23-21-12-24(16)11-10-20-17(19-5-2)22-13(3)14-8-6-7-9-15(14)18/h6-9,12-13H,4-5,10-11H2,1-3H3,(H2,19,20,22). The van der Waals surface area contributed by atoms with Crippen molar-refractivity contribution < 1.29 is 0 Å². The first-order valence-corrected chi connectivity index (χ1v) is 8.69. The summed E-state index contributed by atoms with van der Waals surface area (Å²) in [5, 5.41) is 15.4. The highest BCUT2D eigenvalue weighted by molar-refractivity contribution is 6.31. The Hall–Kier alpha value is -2.08. The van der Waals surface area contributed by atoms with Crippen LogP contribution in [0.3, 0.4) is 0 Å². The van der Waals surface area contributed by atoms with Crippen LogP contribution < -0.4 is 10.6 Å². The van der Waals surface area contributed by atoms with Crippen molar-refractivity contribution in [3.8, 4) is 0 Å². The third kappa shape index (κ3) is 4.96. The van der Waals surface area contributed by atoms with Crippen LogP contribution in [-0.2, 0) is 13.0 Å². The Kier molecular flexibility index (Phi) is 7.06. The Morgan fingerprint density at radius 1 is 1.33 bits per heavy atom. The number of aromatic nitrogens is 3. The van der Waals surface area contributed by atoms with Crippen LogP contribution in [0.25, 0.3) is 0 Å². The van der Waals surface area contributed by atoms with Crippen molar-refractivity contribution in [3.05, 3.63) is 47.0 Å². The molecule has 6 nitrogen and oxygen atoms in total. The second-order valence-electron chi connectivity index (χ2n) is 5.44. The molecule has 24 heavy (non-hydrogen) atoms. The number of hydrogen-bond acceptors (Lipinski definition) is 3. The Balaban J connectivity index is 1.99. The molecule has 0 aliphatic carbocycles. The molecule has 1 atom stereocenters. The number of guanidine groups is 1. The number of halogens is 1. The Labute approximate surface area is 148 Å². The van der Waals surface area contributed by atoms with E-state index in [1.54, 1.807) is 6.33 Å². The zero-order chi connectivity index (χ0) is 17.4. The summed E-state index contributed by atoms with van der Waals surface area (Å²) in [5.41, 5.74) is 1.05. The predicted octanol–water partition coefficient (Wildman–Crippen LogP) is 2.81.